The number of ether oxygens (including phenoxy) is 1. The third-order valence-corrected chi connectivity index (χ3v) is 2.29. The van der Waals surface area contributed by atoms with Crippen molar-refractivity contribution in [2.75, 3.05) is 11.9 Å². The van der Waals surface area contributed by atoms with Crippen LogP contribution >= 0.6 is 0 Å². The van der Waals surface area contributed by atoms with E-state index in [1.54, 1.807) is 12.1 Å². The average Bonchev–Trinajstić information content (AvgIpc) is 2.35. The zero-order valence-electron chi connectivity index (χ0n) is 9.61. The van der Waals surface area contributed by atoms with E-state index >= 15 is 0 Å². The molecule has 1 N–H and O–H groups in total. The van der Waals surface area contributed by atoms with Crippen LogP contribution in [0, 0.1) is 5.82 Å². The number of benzene rings is 2. The largest absolute Gasteiger partial charge is 0.491 e. The predicted octanol–water partition coefficient (Wildman–Crippen LogP) is 3.97. The van der Waals surface area contributed by atoms with E-state index in [9.17, 15) is 4.39 Å². The van der Waals surface area contributed by atoms with Gasteiger partial charge in [0, 0.05) is 17.4 Å². The summed E-state index contributed by atoms with van der Waals surface area (Å²) >= 11 is 0. The molecule has 0 aliphatic carbocycles. The van der Waals surface area contributed by atoms with Gasteiger partial charge in [0.1, 0.15) is 0 Å². The second-order valence-electron chi connectivity index (χ2n) is 3.57. The van der Waals surface area contributed by atoms with Gasteiger partial charge in [0.2, 0.25) is 0 Å². The van der Waals surface area contributed by atoms with E-state index in [0.29, 0.717) is 6.61 Å². The molecule has 2 rings (SSSR count). The highest BCUT2D eigenvalue weighted by atomic mass is 19.1. The fourth-order valence-electron chi connectivity index (χ4n) is 1.54. The lowest BCUT2D eigenvalue weighted by Gasteiger charge is -2.09. The normalized spacial score (nSPS) is 10.0. The molecule has 0 bridgehead atoms. The summed E-state index contributed by atoms with van der Waals surface area (Å²) < 4.78 is 18.5. The molecule has 0 aromatic heterocycles. The van der Waals surface area contributed by atoms with Gasteiger partial charge in [-0.3, -0.25) is 0 Å². The first-order valence-corrected chi connectivity index (χ1v) is 5.54. The standard InChI is InChI=1S/C14H14FNO/c1-2-17-14-10-12(8-9-13(14)15)16-11-6-4-3-5-7-11/h3-10,16H,2H2,1H3. The summed E-state index contributed by atoms with van der Waals surface area (Å²) in [5.74, 6) is -0.0705. The van der Waals surface area contributed by atoms with Crippen LogP contribution in [0.1, 0.15) is 6.92 Å². The number of halogens is 1. The van der Waals surface area contributed by atoms with Gasteiger partial charge in [0.05, 0.1) is 6.61 Å². The van der Waals surface area contributed by atoms with Crippen LogP contribution in [0.4, 0.5) is 15.8 Å². The molecule has 88 valence electrons. The zero-order chi connectivity index (χ0) is 12.1. The highest BCUT2D eigenvalue weighted by Gasteiger charge is 2.04. The van der Waals surface area contributed by atoms with E-state index in [-0.39, 0.29) is 11.6 Å². The van der Waals surface area contributed by atoms with Crippen LogP contribution in [0.3, 0.4) is 0 Å². The van der Waals surface area contributed by atoms with E-state index in [4.69, 9.17) is 4.74 Å². The summed E-state index contributed by atoms with van der Waals surface area (Å²) in [7, 11) is 0. The van der Waals surface area contributed by atoms with Crippen molar-refractivity contribution < 1.29 is 9.13 Å². The Morgan fingerprint density at radius 3 is 2.53 bits per heavy atom. The van der Waals surface area contributed by atoms with E-state index in [2.05, 4.69) is 5.32 Å². The van der Waals surface area contributed by atoms with Crippen molar-refractivity contribution in [1.82, 2.24) is 0 Å². The van der Waals surface area contributed by atoms with Crippen molar-refractivity contribution in [2.24, 2.45) is 0 Å². The molecule has 2 nitrogen and oxygen atoms in total. The van der Waals surface area contributed by atoms with Crippen molar-refractivity contribution in [1.29, 1.82) is 0 Å². The molecule has 0 saturated heterocycles. The van der Waals surface area contributed by atoms with Crippen molar-refractivity contribution in [3.05, 3.63) is 54.3 Å². The number of rotatable bonds is 4. The molecule has 2 aromatic rings. The minimum absolute atomic E-state index is 0.272. The van der Waals surface area contributed by atoms with Crippen LogP contribution in [-0.4, -0.2) is 6.61 Å². The Labute approximate surface area is 100 Å². The Kier molecular flexibility index (Phi) is 3.60. The van der Waals surface area contributed by atoms with E-state index in [0.717, 1.165) is 11.4 Å². The second kappa shape index (κ2) is 5.34. The molecular formula is C14H14FNO. The van der Waals surface area contributed by atoms with Gasteiger partial charge in [-0.1, -0.05) is 18.2 Å². The Bertz CT molecular complexity index is 485. The lowest BCUT2D eigenvalue weighted by atomic mass is 10.2. The number of hydrogen-bond acceptors (Lipinski definition) is 2. The molecular weight excluding hydrogens is 217 g/mol. The van der Waals surface area contributed by atoms with E-state index in [1.165, 1.54) is 6.07 Å². The molecule has 0 radical (unpaired) electrons. The van der Waals surface area contributed by atoms with Gasteiger partial charge >= 0.3 is 0 Å². The predicted molar refractivity (Wildman–Crippen MR) is 67.3 cm³/mol. The zero-order valence-corrected chi connectivity index (χ0v) is 9.61. The second-order valence-corrected chi connectivity index (χ2v) is 3.57. The highest BCUT2D eigenvalue weighted by molar-refractivity contribution is 5.61. The topological polar surface area (TPSA) is 21.3 Å². The number of para-hydroxylation sites is 1. The molecule has 0 amide bonds. The maximum Gasteiger partial charge on any atom is 0.165 e. The van der Waals surface area contributed by atoms with Gasteiger partial charge in [0.25, 0.3) is 0 Å². The first kappa shape index (κ1) is 11.5. The molecule has 3 heteroatoms. The first-order chi connectivity index (χ1) is 8.29. The summed E-state index contributed by atoms with van der Waals surface area (Å²) in [6.45, 7) is 2.28. The Hall–Kier alpha value is -2.03. The number of hydrogen-bond donors (Lipinski definition) is 1. The molecule has 0 unspecified atom stereocenters. The number of anilines is 2. The van der Waals surface area contributed by atoms with Gasteiger partial charge in [-0.05, 0) is 31.2 Å². The Morgan fingerprint density at radius 1 is 1.06 bits per heavy atom. The number of nitrogens with one attached hydrogen (secondary N) is 1. The SMILES string of the molecule is CCOc1cc(Nc2ccccc2)ccc1F. The molecule has 0 aliphatic heterocycles. The van der Waals surface area contributed by atoms with Crippen LogP contribution in [0.2, 0.25) is 0 Å². The lowest BCUT2D eigenvalue weighted by molar-refractivity contribution is 0.322. The monoisotopic (exact) mass is 231 g/mol. The van der Waals surface area contributed by atoms with E-state index in [1.807, 2.05) is 37.3 Å². The van der Waals surface area contributed by atoms with Crippen LogP contribution in [-0.2, 0) is 0 Å². The van der Waals surface area contributed by atoms with Crippen molar-refractivity contribution in [2.45, 2.75) is 6.92 Å². The van der Waals surface area contributed by atoms with Crippen LogP contribution in [0.5, 0.6) is 5.75 Å². The van der Waals surface area contributed by atoms with Gasteiger partial charge in [0.15, 0.2) is 11.6 Å². The third-order valence-electron chi connectivity index (χ3n) is 2.29. The fraction of sp³-hybridized carbons (Fsp3) is 0.143. The van der Waals surface area contributed by atoms with Gasteiger partial charge in [-0.15, -0.1) is 0 Å². The summed E-state index contributed by atoms with van der Waals surface area (Å²) in [5, 5.41) is 3.18. The maximum absolute atomic E-state index is 13.3. The highest BCUT2D eigenvalue weighted by Crippen LogP contribution is 2.24. The minimum Gasteiger partial charge on any atom is -0.491 e. The van der Waals surface area contributed by atoms with E-state index < -0.39 is 0 Å². The molecule has 2 aromatic carbocycles. The molecule has 0 aliphatic rings. The van der Waals surface area contributed by atoms with Crippen molar-refractivity contribution >= 4 is 11.4 Å². The van der Waals surface area contributed by atoms with Crippen molar-refractivity contribution in [3.8, 4) is 5.75 Å². The minimum atomic E-state index is -0.342. The fourth-order valence-corrected chi connectivity index (χ4v) is 1.54. The molecule has 0 saturated carbocycles. The summed E-state index contributed by atoms with van der Waals surface area (Å²) in [6, 6.07) is 14.5. The van der Waals surface area contributed by atoms with Gasteiger partial charge < -0.3 is 10.1 Å². The molecule has 0 spiro atoms. The first-order valence-electron chi connectivity index (χ1n) is 5.54. The third kappa shape index (κ3) is 2.97. The average molecular weight is 231 g/mol. The van der Waals surface area contributed by atoms with Crippen LogP contribution in [0.15, 0.2) is 48.5 Å². The molecule has 0 heterocycles. The maximum atomic E-state index is 13.3. The van der Waals surface area contributed by atoms with Crippen LogP contribution in [0.25, 0.3) is 0 Å². The quantitative estimate of drug-likeness (QED) is 0.859. The van der Waals surface area contributed by atoms with Gasteiger partial charge in [-0.25, -0.2) is 4.39 Å². The van der Waals surface area contributed by atoms with Gasteiger partial charge in [-0.2, -0.15) is 0 Å². The molecule has 0 atom stereocenters. The summed E-state index contributed by atoms with van der Waals surface area (Å²) in [4.78, 5) is 0. The van der Waals surface area contributed by atoms with Crippen LogP contribution < -0.4 is 10.1 Å². The summed E-state index contributed by atoms with van der Waals surface area (Å²) in [5.41, 5.74) is 1.77. The Balaban J connectivity index is 2.19. The van der Waals surface area contributed by atoms with Crippen molar-refractivity contribution in [3.63, 3.8) is 0 Å². The summed E-state index contributed by atoms with van der Waals surface area (Å²) in [6.07, 6.45) is 0. The smallest absolute Gasteiger partial charge is 0.165 e. The molecule has 0 fully saturated rings. The Morgan fingerprint density at radius 2 is 1.82 bits per heavy atom. The lowest BCUT2D eigenvalue weighted by Crippen LogP contribution is -1.96. The molecule has 17 heavy (non-hydrogen) atoms.